The maximum absolute atomic E-state index is 7.34. The molecule has 0 fully saturated rings. The smallest absolute Gasteiger partial charge is 0.140 e. The van der Waals surface area contributed by atoms with Gasteiger partial charge in [0.1, 0.15) is 11.5 Å². The fourth-order valence-electron chi connectivity index (χ4n) is 17.7. The van der Waals surface area contributed by atoms with Gasteiger partial charge in [-0.25, -0.2) is 0 Å². The van der Waals surface area contributed by atoms with Crippen LogP contribution in [0.25, 0.3) is 77.2 Å². The van der Waals surface area contributed by atoms with E-state index in [4.69, 9.17) is 4.74 Å². The second-order valence-electron chi connectivity index (χ2n) is 25.2. The van der Waals surface area contributed by atoms with E-state index in [-0.39, 0.29) is 0 Å². The van der Waals surface area contributed by atoms with Crippen LogP contribution in [0, 0.1) is 0 Å². The first-order chi connectivity index (χ1) is 45.1. The van der Waals surface area contributed by atoms with Gasteiger partial charge in [0.2, 0.25) is 0 Å². The molecule has 20 rings (SSSR count). The predicted octanol–water partition coefficient (Wildman–Crippen LogP) is 22.3. The zero-order chi connectivity index (χ0) is 59.6. The van der Waals surface area contributed by atoms with Crippen molar-refractivity contribution in [3.63, 3.8) is 0 Å². The number of anilines is 3. The van der Waals surface area contributed by atoms with Crippen molar-refractivity contribution in [3.05, 3.63) is 400 Å². The molecule has 91 heavy (non-hydrogen) atoms. The van der Waals surface area contributed by atoms with Crippen LogP contribution in [0.3, 0.4) is 0 Å². The molecule has 2 spiro atoms. The van der Waals surface area contributed by atoms with Crippen molar-refractivity contribution in [2.45, 2.75) is 16.2 Å². The Morgan fingerprint density at radius 3 is 1.16 bits per heavy atom. The monoisotopic (exact) mass is 1150 g/mol. The minimum atomic E-state index is -0.667. The van der Waals surface area contributed by atoms with Gasteiger partial charge in [-0.05, 0) is 153 Å². The number of nitrogens with zero attached hydrogens (tertiary/aromatic N) is 1. The predicted molar refractivity (Wildman–Crippen MR) is 373 cm³/mol. The van der Waals surface area contributed by atoms with Crippen molar-refractivity contribution in [2.24, 2.45) is 0 Å². The van der Waals surface area contributed by atoms with Gasteiger partial charge in [0.05, 0.1) is 21.9 Å². The molecule has 0 atom stereocenters. The highest BCUT2D eigenvalue weighted by molar-refractivity contribution is 6.03. The molecule has 0 saturated carbocycles. The fourth-order valence-corrected chi connectivity index (χ4v) is 17.7. The van der Waals surface area contributed by atoms with E-state index in [2.05, 4.69) is 339 Å². The van der Waals surface area contributed by atoms with E-state index in [9.17, 15) is 0 Å². The Bertz CT molecular complexity index is 5390. The summed E-state index contributed by atoms with van der Waals surface area (Å²) < 4.78 is 7.34. The van der Waals surface area contributed by atoms with Gasteiger partial charge >= 0.3 is 0 Å². The summed E-state index contributed by atoms with van der Waals surface area (Å²) in [6.45, 7) is 0. The lowest BCUT2D eigenvalue weighted by atomic mass is 9.65. The molecule has 0 saturated heterocycles. The minimum absolute atomic E-state index is 0.526. The molecule has 0 N–H and O–H groups in total. The summed E-state index contributed by atoms with van der Waals surface area (Å²) in [5, 5.41) is 4.54. The van der Waals surface area contributed by atoms with Gasteiger partial charge in [-0.1, -0.05) is 297 Å². The van der Waals surface area contributed by atoms with Crippen molar-refractivity contribution >= 4 is 38.6 Å². The highest BCUT2D eigenvalue weighted by atomic mass is 16.5. The van der Waals surface area contributed by atoms with Crippen molar-refractivity contribution < 1.29 is 4.74 Å². The number of fused-ring (bicyclic) bond motifs is 26. The molecule has 0 amide bonds. The Hall–Kier alpha value is -11.6. The third-order valence-electron chi connectivity index (χ3n) is 21.2. The molecule has 15 aromatic carbocycles. The highest BCUT2D eigenvalue weighted by Gasteiger charge is 2.54. The topological polar surface area (TPSA) is 12.5 Å². The van der Waals surface area contributed by atoms with Gasteiger partial charge in [-0.15, -0.1) is 0 Å². The molecular weight excluding hydrogens is 1100 g/mol. The summed E-state index contributed by atoms with van der Waals surface area (Å²) in [6.07, 6.45) is 0. The molecule has 0 bridgehead atoms. The minimum Gasteiger partial charge on any atom is -0.455 e. The van der Waals surface area contributed by atoms with E-state index in [0.717, 1.165) is 72.4 Å². The summed E-state index contributed by atoms with van der Waals surface area (Å²) in [5.74, 6) is 1.84. The normalized spacial score (nSPS) is 14.5. The summed E-state index contributed by atoms with van der Waals surface area (Å²) in [6, 6.07) is 126. The standard InChI is InChI=1S/C89H55NO/c1-3-24-60(25-4-1)87(61-26-5-2-6-27-61)77-39-20-15-34-72(77)84-78(87)40-21-41-83(84)90(63-49-51-71-69-33-13-18-37-75(69)88(82(71)55-63)73-35-16-11-30-66(73)67-31-12-17-36-74(67)88)62-47-42-56(43-48-62)59-44-50-70-68-32-14-19-38-76(68)89(81(70)54-59)79-52-45-57-22-7-9-28-64(57)85(79)91-86-65-29-10-8-23-58(65)46-53-80(86)89/h1-55H. The summed E-state index contributed by atoms with van der Waals surface area (Å²) in [4.78, 5) is 2.56. The number of hydrogen-bond acceptors (Lipinski definition) is 2. The average molecular weight is 1150 g/mol. The molecule has 1 heterocycles. The maximum atomic E-state index is 7.34. The molecule has 4 aliphatic carbocycles. The highest BCUT2D eigenvalue weighted by Crippen LogP contribution is 2.67. The number of ether oxygens (including phenoxy) is 1. The zero-order valence-electron chi connectivity index (χ0n) is 49.6. The number of benzene rings is 15. The third-order valence-corrected chi connectivity index (χ3v) is 21.2. The lowest BCUT2D eigenvalue weighted by Gasteiger charge is -2.40. The van der Waals surface area contributed by atoms with Crippen LogP contribution >= 0.6 is 0 Å². The van der Waals surface area contributed by atoms with Crippen LogP contribution in [-0.2, 0) is 16.2 Å². The van der Waals surface area contributed by atoms with Gasteiger partial charge in [0.15, 0.2) is 0 Å². The molecular formula is C89H55NO. The quantitative estimate of drug-likeness (QED) is 0.165. The van der Waals surface area contributed by atoms with Crippen LogP contribution in [-0.4, -0.2) is 0 Å². The summed E-state index contributed by atoms with van der Waals surface area (Å²) in [7, 11) is 0. The summed E-state index contributed by atoms with van der Waals surface area (Å²) >= 11 is 0. The molecule has 15 aromatic rings. The first kappa shape index (κ1) is 50.4. The maximum Gasteiger partial charge on any atom is 0.140 e. The zero-order valence-corrected chi connectivity index (χ0v) is 49.6. The molecule has 0 radical (unpaired) electrons. The number of rotatable bonds is 6. The second-order valence-corrected chi connectivity index (χ2v) is 25.2. The van der Waals surface area contributed by atoms with Crippen molar-refractivity contribution in [1.82, 2.24) is 0 Å². The Kier molecular flexibility index (Phi) is 10.4. The first-order valence-electron chi connectivity index (χ1n) is 31.8. The Balaban J connectivity index is 0.817. The Labute approximate surface area is 528 Å². The van der Waals surface area contributed by atoms with Crippen LogP contribution in [0.5, 0.6) is 11.5 Å². The summed E-state index contributed by atoms with van der Waals surface area (Å²) in [5.41, 5.74) is 29.0. The van der Waals surface area contributed by atoms with Crippen molar-refractivity contribution in [3.8, 4) is 67.1 Å². The Morgan fingerprint density at radius 1 is 0.231 bits per heavy atom. The van der Waals surface area contributed by atoms with Crippen molar-refractivity contribution in [2.75, 3.05) is 4.90 Å². The van der Waals surface area contributed by atoms with Crippen LogP contribution < -0.4 is 9.64 Å². The van der Waals surface area contributed by atoms with Gasteiger partial charge in [-0.2, -0.15) is 0 Å². The van der Waals surface area contributed by atoms with Gasteiger partial charge < -0.3 is 9.64 Å². The van der Waals surface area contributed by atoms with Gasteiger partial charge in [0.25, 0.3) is 0 Å². The van der Waals surface area contributed by atoms with E-state index in [1.807, 2.05) is 0 Å². The third kappa shape index (κ3) is 6.50. The van der Waals surface area contributed by atoms with E-state index in [0.29, 0.717) is 0 Å². The fraction of sp³-hybridized carbons (Fsp3) is 0.0337. The second kappa shape index (κ2) is 18.7. The van der Waals surface area contributed by atoms with E-state index < -0.39 is 16.2 Å². The number of hydrogen-bond donors (Lipinski definition) is 0. The molecule has 2 nitrogen and oxygen atoms in total. The van der Waals surface area contributed by atoms with Gasteiger partial charge in [0, 0.05) is 38.8 Å². The molecule has 1 aliphatic heterocycles. The largest absolute Gasteiger partial charge is 0.455 e. The Morgan fingerprint density at radius 2 is 0.626 bits per heavy atom. The molecule has 5 aliphatic rings. The van der Waals surface area contributed by atoms with Crippen LogP contribution in [0.1, 0.15) is 66.8 Å². The lowest BCUT2D eigenvalue weighted by molar-refractivity contribution is 0.447. The van der Waals surface area contributed by atoms with Gasteiger partial charge in [-0.3, -0.25) is 0 Å². The van der Waals surface area contributed by atoms with Crippen LogP contribution in [0.15, 0.2) is 334 Å². The molecule has 2 heteroatoms. The first-order valence-corrected chi connectivity index (χ1v) is 31.8. The van der Waals surface area contributed by atoms with Crippen LogP contribution in [0.4, 0.5) is 17.1 Å². The van der Waals surface area contributed by atoms with E-state index >= 15 is 0 Å². The van der Waals surface area contributed by atoms with Crippen molar-refractivity contribution in [1.29, 1.82) is 0 Å². The van der Waals surface area contributed by atoms with E-state index in [1.165, 1.54) is 100 Å². The SMILES string of the molecule is c1ccc(C2(c3ccccc3)c3ccccc3-c3c(N(c4ccc(-c5ccc6c(c5)C5(c7ccccc7-6)c6ccc7ccccc7c6Oc6c5ccc5ccccc65)cc4)c4ccc5c(c4)C4(c6ccccc6-c6ccccc64)c4ccccc4-5)cccc32)cc1. The molecule has 0 aromatic heterocycles. The van der Waals surface area contributed by atoms with E-state index in [1.54, 1.807) is 0 Å². The molecule has 0 unspecified atom stereocenters. The lowest BCUT2D eigenvalue weighted by Crippen LogP contribution is -2.32. The average Bonchev–Trinajstić information content (AvgIpc) is 1.58. The molecule has 422 valence electrons. The van der Waals surface area contributed by atoms with Crippen LogP contribution in [0.2, 0.25) is 0 Å².